The van der Waals surface area contributed by atoms with E-state index in [1.165, 1.54) is 0 Å². The van der Waals surface area contributed by atoms with Crippen molar-refractivity contribution >= 4 is 11.8 Å². The molecule has 22 heavy (non-hydrogen) atoms. The minimum Gasteiger partial charge on any atom is -0.352 e. The molecule has 1 aromatic carbocycles. The summed E-state index contributed by atoms with van der Waals surface area (Å²) in [6.07, 6.45) is 3.17. The van der Waals surface area contributed by atoms with Crippen LogP contribution in [0.1, 0.15) is 30.5 Å². The molecule has 1 heterocycles. The second kappa shape index (κ2) is 7.93. The summed E-state index contributed by atoms with van der Waals surface area (Å²) in [5, 5.41) is 5.52. The zero-order chi connectivity index (χ0) is 15.8. The van der Waals surface area contributed by atoms with Gasteiger partial charge in [0.1, 0.15) is 6.42 Å². The first-order valence-corrected chi connectivity index (χ1v) is 7.15. The van der Waals surface area contributed by atoms with Crippen LogP contribution in [0, 0.1) is 0 Å². The molecule has 0 bridgehead atoms. The molecule has 0 saturated heterocycles. The van der Waals surface area contributed by atoms with Crippen molar-refractivity contribution in [1.82, 2.24) is 15.6 Å². The van der Waals surface area contributed by atoms with Crippen LogP contribution in [0.4, 0.5) is 0 Å². The molecule has 5 heteroatoms. The SMILES string of the molecule is CC(NC(=O)CC(=O)NCc1cccnc1)c1ccccc1. The zero-order valence-electron chi connectivity index (χ0n) is 12.5. The molecule has 0 spiro atoms. The van der Waals surface area contributed by atoms with Gasteiger partial charge in [-0.25, -0.2) is 0 Å². The largest absolute Gasteiger partial charge is 0.352 e. The molecule has 0 radical (unpaired) electrons. The van der Waals surface area contributed by atoms with Crippen LogP contribution in [0.3, 0.4) is 0 Å². The second-order valence-electron chi connectivity index (χ2n) is 5.01. The molecule has 0 aliphatic rings. The standard InChI is InChI=1S/C17H19N3O2/c1-13(15-7-3-2-4-8-15)20-17(22)10-16(21)19-12-14-6-5-9-18-11-14/h2-9,11,13H,10,12H2,1H3,(H,19,21)(H,20,22). The van der Waals surface area contributed by atoms with Gasteiger partial charge in [0.15, 0.2) is 0 Å². The van der Waals surface area contributed by atoms with Crippen molar-refractivity contribution in [2.75, 3.05) is 0 Å². The number of pyridine rings is 1. The molecule has 1 aromatic heterocycles. The summed E-state index contributed by atoms with van der Waals surface area (Å²) in [5.74, 6) is -0.596. The summed E-state index contributed by atoms with van der Waals surface area (Å²) in [6, 6.07) is 13.2. The minimum absolute atomic E-state index is 0.125. The van der Waals surface area contributed by atoms with Crippen LogP contribution < -0.4 is 10.6 Å². The fraction of sp³-hybridized carbons (Fsp3) is 0.235. The Balaban J connectivity index is 1.75. The third-order valence-electron chi connectivity index (χ3n) is 3.21. The molecule has 0 aliphatic heterocycles. The number of benzene rings is 1. The van der Waals surface area contributed by atoms with Crippen LogP contribution in [0.15, 0.2) is 54.9 Å². The Bertz CT molecular complexity index is 614. The van der Waals surface area contributed by atoms with Crippen molar-refractivity contribution in [3.63, 3.8) is 0 Å². The lowest BCUT2D eigenvalue weighted by Gasteiger charge is -2.14. The molecule has 0 fully saturated rings. The number of amides is 2. The molecule has 0 saturated carbocycles. The first-order chi connectivity index (χ1) is 10.6. The quantitative estimate of drug-likeness (QED) is 0.801. The zero-order valence-corrected chi connectivity index (χ0v) is 12.5. The van der Waals surface area contributed by atoms with E-state index in [-0.39, 0.29) is 24.3 Å². The number of hydrogen-bond donors (Lipinski definition) is 2. The van der Waals surface area contributed by atoms with Gasteiger partial charge >= 0.3 is 0 Å². The molecule has 2 N–H and O–H groups in total. The molecule has 2 amide bonds. The fourth-order valence-corrected chi connectivity index (χ4v) is 2.03. The number of nitrogens with one attached hydrogen (secondary N) is 2. The summed E-state index contributed by atoms with van der Waals surface area (Å²) in [7, 11) is 0. The van der Waals surface area contributed by atoms with E-state index < -0.39 is 0 Å². The Morgan fingerprint density at radius 1 is 1.09 bits per heavy atom. The normalized spacial score (nSPS) is 11.5. The van der Waals surface area contributed by atoms with Gasteiger partial charge in [-0.3, -0.25) is 14.6 Å². The average molecular weight is 297 g/mol. The first-order valence-electron chi connectivity index (χ1n) is 7.15. The highest BCUT2D eigenvalue weighted by Gasteiger charge is 2.12. The predicted molar refractivity (Wildman–Crippen MR) is 83.7 cm³/mol. The molecule has 2 aromatic rings. The van der Waals surface area contributed by atoms with Gasteiger partial charge in [0.2, 0.25) is 11.8 Å². The van der Waals surface area contributed by atoms with E-state index in [0.29, 0.717) is 6.54 Å². The smallest absolute Gasteiger partial charge is 0.229 e. The Hall–Kier alpha value is -2.69. The molecular weight excluding hydrogens is 278 g/mol. The number of aromatic nitrogens is 1. The Morgan fingerprint density at radius 3 is 2.55 bits per heavy atom. The van der Waals surface area contributed by atoms with Crippen molar-refractivity contribution in [2.24, 2.45) is 0 Å². The van der Waals surface area contributed by atoms with Gasteiger partial charge < -0.3 is 10.6 Å². The van der Waals surface area contributed by atoms with Crippen LogP contribution in [0.25, 0.3) is 0 Å². The summed E-state index contributed by atoms with van der Waals surface area (Å²) in [4.78, 5) is 27.6. The number of hydrogen-bond acceptors (Lipinski definition) is 3. The Labute approximate surface area is 129 Å². The highest BCUT2D eigenvalue weighted by atomic mass is 16.2. The molecule has 0 aliphatic carbocycles. The summed E-state index contributed by atoms with van der Waals surface area (Å²) in [6.45, 7) is 2.26. The van der Waals surface area contributed by atoms with Crippen molar-refractivity contribution in [1.29, 1.82) is 0 Å². The topological polar surface area (TPSA) is 71.1 Å². The number of rotatable bonds is 6. The van der Waals surface area contributed by atoms with E-state index in [1.807, 2.05) is 43.3 Å². The lowest BCUT2D eigenvalue weighted by Crippen LogP contribution is -2.33. The summed E-state index contributed by atoms with van der Waals surface area (Å²) >= 11 is 0. The van der Waals surface area contributed by atoms with Crippen molar-refractivity contribution in [3.05, 3.63) is 66.0 Å². The maximum atomic E-state index is 11.9. The van der Waals surface area contributed by atoms with Gasteiger partial charge in [-0.05, 0) is 24.1 Å². The highest BCUT2D eigenvalue weighted by molar-refractivity contribution is 5.96. The molecular formula is C17H19N3O2. The average Bonchev–Trinajstić information content (AvgIpc) is 2.54. The van der Waals surface area contributed by atoms with Gasteiger partial charge in [0.05, 0.1) is 6.04 Å². The van der Waals surface area contributed by atoms with E-state index in [1.54, 1.807) is 18.5 Å². The van der Waals surface area contributed by atoms with Gasteiger partial charge in [0, 0.05) is 18.9 Å². The number of nitrogens with zero attached hydrogens (tertiary/aromatic N) is 1. The Kier molecular flexibility index (Phi) is 5.65. The van der Waals surface area contributed by atoms with Crippen LogP contribution in [-0.4, -0.2) is 16.8 Å². The summed E-state index contributed by atoms with van der Waals surface area (Å²) in [5.41, 5.74) is 1.90. The first kappa shape index (κ1) is 15.7. The molecule has 5 nitrogen and oxygen atoms in total. The highest BCUT2D eigenvalue weighted by Crippen LogP contribution is 2.10. The van der Waals surface area contributed by atoms with E-state index in [9.17, 15) is 9.59 Å². The molecule has 114 valence electrons. The fourth-order valence-electron chi connectivity index (χ4n) is 2.03. The summed E-state index contributed by atoms with van der Waals surface area (Å²) < 4.78 is 0. The van der Waals surface area contributed by atoms with Crippen molar-refractivity contribution in [2.45, 2.75) is 25.9 Å². The third kappa shape index (κ3) is 5.01. The van der Waals surface area contributed by atoms with Crippen LogP contribution in [-0.2, 0) is 16.1 Å². The third-order valence-corrected chi connectivity index (χ3v) is 3.21. The minimum atomic E-state index is -0.304. The van der Waals surface area contributed by atoms with E-state index in [4.69, 9.17) is 0 Å². The van der Waals surface area contributed by atoms with Gasteiger partial charge in [-0.15, -0.1) is 0 Å². The predicted octanol–water partition coefficient (Wildman–Crippen LogP) is 1.97. The van der Waals surface area contributed by atoms with E-state index >= 15 is 0 Å². The monoisotopic (exact) mass is 297 g/mol. The lowest BCUT2D eigenvalue weighted by molar-refractivity contribution is -0.129. The Morgan fingerprint density at radius 2 is 1.86 bits per heavy atom. The van der Waals surface area contributed by atoms with Crippen LogP contribution in [0.2, 0.25) is 0 Å². The van der Waals surface area contributed by atoms with Crippen LogP contribution in [0.5, 0.6) is 0 Å². The lowest BCUT2D eigenvalue weighted by atomic mass is 10.1. The maximum absolute atomic E-state index is 11.9. The van der Waals surface area contributed by atoms with Gasteiger partial charge in [-0.2, -0.15) is 0 Å². The molecule has 1 atom stereocenters. The second-order valence-corrected chi connectivity index (χ2v) is 5.01. The molecule has 2 rings (SSSR count). The van der Waals surface area contributed by atoms with Gasteiger partial charge in [-0.1, -0.05) is 36.4 Å². The van der Waals surface area contributed by atoms with Crippen molar-refractivity contribution < 1.29 is 9.59 Å². The van der Waals surface area contributed by atoms with E-state index in [2.05, 4.69) is 15.6 Å². The molecule has 1 unspecified atom stereocenters. The number of carbonyl (C=O) groups excluding carboxylic acids is 2. The van der Waals surface area contributed by atoms with E-state index in [0.717, 1.165) is 11.1 Å². The number of carbonyl (C=O) groups is 2. The van der Waals surface area contributed by atoms with Crippen LogP contribution >= 0.6 is 0 Å². The maximum Gasteiger partial charge on any atom is 0.229 e. The van der Waals surface area contributed by atoms with Crippen molar-refractivity contribution in [3.8, 4) is 0 Å². The van der Waals surface area contributed by atoms with Gasteiger partial charge in [0.25, 0.3) is 0 Å².